The van der Waals surface area contributed by atoms with Gasteiger partial charge in [-0.15, -0.1) is 0 Å². The van der Waals surface area contributed by atoms with Crippen molar-refractivity contribution in [2.45, 2.75) is 13.3 Å². The van der Waals surface area contributed by atoms with E-state index in [1.165, 1.54) is 11.9 Å². The predicted octanol–water partition coefficient (Wildman–Crippen LogP) is -1.05. The fourth-order valence-corrected chi connectivity index (χ4v) is 1.51. The molecule has 0 aliphatic rings. The van der Waals surface area contributed by atoms with Gasteiger partial charge in [-0.3, -0.25) is 0 Å². The first-order chi connectivity index (χ1) is 5.83. The van der Waals surface area contributed by atoms with E-state index in [2.05, 4.69) is 17.0 Å². The molecule has 2 aromatic heterocycles. The molecule has 5 heteroatoms. The van der Waals surface area contributed by atoms with Gasteiger partial charge in [-0.05, 0) is 18.1 Å². The zero-order chi connectivity index (χ0) is 8.55. The van der Waals surface area contributed by atoms with Crippen molar-refractivity contribution in [3.05, 3.63) is 29.3 Å². The summed E-state index contributed by atoms with van der Waals surface area (Å²) in [7, 11) is 0. The van der Waals surface area contributed by atoms with Crippen molar-refractivity contribution in [3.8, 4) is 0 Å². The molecule has 2 heterocycles. The van der Waals surface area contributed by atoms with Gasteiger partial charge in [-0.25, -0.2) is 9.50 Å². The van der Waals surface area contributed by atoms with E-state index in [1.54, 1.807) is 4.52 Å². The predicted molar refractivity (Wildman–Crippen MR) is 47.4 cm³/mol. The van der Waals surface area contributed by atoms with Crippen LogP contribution < -0.4 is 17.0 Å². The van der Waals surface area contributed by atoms with Crippen molar-refractivity contribution in [1.82, 2.24) is 14.6 Å². The Kier molecular flexibility index (Phi) is 3.27. The van der Waals surface area contributed by atoms with Crippen molar-refractivity contribution in [2.75, 3.05) is 0 Å². The molecule has 3 nitrogen and oxygen atoms in total. The highest BCUT2D eigenvalue weighted by atomic mass is 79.9. The Morgan fingerprint density at radius 3 is 3.00 bits per heavy atom. The largest absolute Gasteiger partial charge is 1.00 e. The van der Waals surface area contributed by atoms with Gasteiger partial charge in [0.25, 0.3) is 0 Å². The topological polar surface area (TPSA) is 30.2 Å². The number of halogens is 2. The van der Waals surface area contributed by atoms with Crippen LogP contribution in [-0.2, 0) is 6.42 Å². The molecule has 0 aliphatic carbocycles. The third-order valence-electron chi connectivity index (χ3n) is 1.87. The molecule has 0 aliphatic heterocycles. The summed E-state index contributed by atoms with van der Waals surface area (Å²) < 4.78 is 1.74. The molecule has 0 radical (unpaired) electrons. The number of fused-ring (bicyclic) bond motifs is 1. The lowest BCUT2D eigenvalue weighted by molar-refractivity contribution is -0.00000252. The van der Waals surface area contributed by atoms with Gasteiger partial charge in [0.15, 0.2) is 5.15 Å². The quantitative estimate of drug-likeness (QED) is 0.656. The molecule has 0 N–H and O–H groups in total. The van der Waals surface area contributed by atoms with Crippen molar-refractivity contribution < 1.29 is 17.0 Å². The molecule has 2 rings (SSSR count). The number of aromatic nitrogens is 3. The van der Waals surface area contributed by atoms with Crippen LogP contribution in [-0.4, -0.2) is 14.6 Å². The summed E-state index contributed by atoms with van der Waals surface area (Å²) >= 11 is 5.91. The van der Waals surface area contributed by atoms with Crippen LogP contribution in [0.15, 0.2) is 18.6 Å². The highest BCUT2D eigenvalue weighted by Crippen LogP contribution is 2.18. The zero-order valence-electron chi connectivity index (χ0n) is 7.04. The molecule has 13 heavy (non-hydrogen) atoms. The molecule has 0 saturated heterocycles. The van der Waals surface area contributed by atoms with Gasteiger partial charge in [-0.2, -0.15) is 5.10 Å². The van der Waals surface area contributed by atoms with Gasteiger partial charge in [0.2, 0.25) is 0 Å². The van der Waals surface area contributed by atoms with Crippen LogP contribution in [0.5, 0.6) is 0 Å². The molecule has 0 atom stereocenters. The minimum atomic E-state index is 0. The normalized spacial score (nSPS) is 10.0. The van der Waals surface area contributed by atoms with Crippen LogP contribution >= 0.6 is 11.6 Å². The van der Waals surface area contributed by atoms with E-state index in [0.717, 1.165) is 11.9 Å². The Labute approximate surface area is 91.5 Å². The van der Waals surface area contributed by atoms with Crippen molar-refractivity contribution in [2.24, 2.45) is 0 Å². The SMILES string of the molecule is CCc1ccn2ncnc(Cl)c12.[Br-]. The number of aryl methyl sites for hydroxylation is 1. The second-order valence-corrected chi connectivity index (χ2v) is 2.90. The Hall–Kier alpha value is -0.610. The maximum Gasteiger partial charge on any atom is 0.156 e. The van der Waals surface area contributed by atoms with Crippen LogP contribution in [0.4, 0.5) is 0 Å². The highest BCUT2D eigenvalue weighted by Gasteiger charge is 2.05. The van der Waals surface area contributed by atoms with Crippen LogP contribution in [0.25, 0.3) is 5.52 Å². The van der Waals surface area contributed by atoms with E-state index in [9.17, 15) is 0 Å². The van der Waals surface area contributed by atoms with Crippen molar-refractivity contribution in [1.29, 1.82) is 0 Å². The Bertz CT molecular complexity index is 413. The molecular formula is C8H8BrClN3-. The second kappa shape index (κ2) is 4.07. The number of hydrogen-bond acceptors (Lipinski definition) is 2. The number of hydrogen-bond donors (Lipinski definition) is 0. The van der Waals surface area contributed by atoms with Crippen LogP contribution in [0, 0.1) is 0 Å². The number of rotatable bonds is 1. The summed E-state index contributed by atoms with van der Waals surface area (Å²) in [6.07, 6.45) is 4.29. The first-order valence-corrected chi connectivity index (χ1v) is 4.17. The third kappa shape index (κ3) is 1.69. The zero-order valence-corrected chi connectivity index (χ0v) is 9.38. The Morgan fingerprint density at radius 1 is 1.54 bits per heavy atom. The van der Waals surface area contributed by atoms with E-state index in [1.807, 2.05) is 12.3 Å². The molecule has 0 amide bonds. The lowest BCUT2D eigenvalue weighted by Crippen LogP contribution is -3.00. The molecule has 70 valence electrons. The van der Waals surface area contributed by atoms with E-state index >= 15 is 0 Å². The molecule has 0 fully saturated rings. The van der Waals surface area contributed by atoms with Gasteiger partial charge in [-0.1, -0.05) is 18.5 Å². The summed E-state index contributed by atoms with van der Waals surface area (Å²) in [5.74, 6) is 0. The van der Waals surface area contributed by atoms with Gasteiger partial charge < -0.3 is 17.0 Å². The summed E-state index contributed by atoms with van der Waals surface area (Å²) in [6.45, 7) is 2.08. The maximum atomic E-state index is 5.91. The van der Waals surface area contributed by atoms with E-state index < -0.39 is 0 Å². The Morgan fingerprint density at radius 2 is 2.31 bits per heavy atom. The average molecular weight is 262 g/mol. The van der Waals surface area contributed by atoms with Crippen LogP contribution in [0.1, 0.15) is 12.5 Å². The molecule has 0 bridgehead atoms. The average Bonchev–Trinajstić information content (AvgIpc) is 2.49. The minimum Gasteiger partial charge on any atom is -1.00 e. The van der Waals surface area contributed by atoms with Crippen LogP contribution in [0.3, 0.4) is 0 Å². The van der Waals surface area contributed by atoms with Crippen molar-refractivity contribution >= 4 is 17.1 Å². The van der Waals surface area contributed by atoms with E-state index in [0.29, 0.717) is 5.15 Å². The summed E-state index contributed by atoms with van der Waals surface area (Å²) in [4.78, 5) is 3.92. The molecule has 0 saturated carbocycles. The molecule has 0 spiro atoms. The lowest BCUT2D eigenvalue weighted by atomic mass is 10.2. The van der Waals surface area contributed by atoms with E-state index in [-0.39, 0.29) is 17.0 Å². The monoisotopic (exact) mass is 260 g/mol. The summed E-state index contributed by atoms with van der Waals surface area (Å²) in [6, 6.07) is 2.01. The third-order valence-corrected chi connectivity index (χ3v) is 2.15. The van der Waals surface area contributed by atoms with Crippen molar-refractivity contribution in [3.63, 3.8) is 0 Å². The fraction of sp³-hybridized carbons (Fsp3) is 0.250. The summed E-state index contributed by atoms with van der Waals surface area (Å²) in [5, 5.41) is 4.55. The van der Waals surface area contributed by atoms with Crippen LogP contribution in [0.2, 0.25) is 5.15 Å². The summed E-state index contributed by atoms with van der Waals surface area (Å²) in [5.41, 5.74) is 2.10. The first-order valence-electron chi connectivity index (χ1n) is 3.79. The fourth-order valence-electron chi connectivity index (χ4n) is 1.26. The Balaban J connectivity index is 0.000000845. The highest BCUT2D eigenvalue weighted by molar-refractivity contribution is 6.32. The molecule has 2 aromatic rings. The van der Waals surface area contributed by atoms with Gasteiger partial charge in [0, 0.05) is 6.20 Å². The van der Waals surface area contributed by atoms with Gasteiger partial charge in [0.05, 0.1) is 0 Å². The standard InChI is InChI=1S/C8H8ClN3.BrH/c1-2-6-3-4-12-7(6)8(9)10-5-11-12;/h3-5H,2H2,1H3;1H/p-1. The van der Waals surface area contributed by atoms with Gasteiger partial charge in [0.1, 0.15) is 11.8 Å². The molecule has 0 unspecified atom stereocenters. The molecule has 0 aromatic carbocycles. The van der Waals surface area contributed by atoms with E-state index in [4.69, 9.17) is 11.6 Å². The van der Waals surface area contributed by atoms with Gasteiger partial charge >= 0.3 is 0 Å². The maximum absolute atomic E-state index is 5.91. The second-order valence-electron chi connectivity index (χ2n) is 2.54. The lowest BCUT2D eigenvalue weighted by Gasteiger charge is -1.96. The molecular weight excluding hydrogens is 253 g/mol. The minimum absolute atomic E-state index is 0. The first kappa shape index (κ1) is 10.5. The number of nitrogens with zero attached hydrogens (tertiary/aromatic N) is 3. The smallest absolute Gasteiger partial charge is 0.156 e.